The SMILES string of the molecule is COc1ccc2[nH]cc(C[N+](C)(C)C)c2c1OCc1ccccc1. The van der Waals surface area contributed by atoms with E-state index >= 15 is 0 Å². The van der Waals surface area contributed by atoms with Crippen LogP contribution in [0.3, 0.4) is 0 Å². The predicted octanol–water partition coefficient (Wildman–Crippen LogP) is 3.96. The van der Waals surface area contributed by atoms with Crippen molar-refractivity contribution in [2.24, 2.45) is 0 Å². The molecule has 0 saturated heterocycles. The molecule has 1 N–H and O–H groups in total. The Labute approximate surface area is 143 Å². The lowest BCUT2D eigenvalue weighted by Crippen LogP contribution is -2.33. The summed E-state index contributed by atoms with van der Waals surface area (Å²) in [5.41, 5.74) is 3.45. The van der Waals surface area contributed by atoms with Crippen molar-refractivity contribution in [3.8, 4) is 11.5 Å². The lowest BCUT2D eigenvalue weighted by atomic mass is 10.1. The number of H-pyrrole nitrogens is 1. The molecule has 0 aliphatic heterocycles. The Bertz CT molecular complexity index is 817. The Morgan fingerprint density at radius 3 is 2.42 bits per heavy atom. The van der Waals surface area contributed by atoms with Gasteiger partial charge in [-0.1, -0.05) is 30.3 Å². The van der Waals surface area contributed by atoms with Gasteiger partial charge in [-0.3, -0.25) is 0 Å². The molecule has 0 aliphatic rings. The minimum atomic E-state index is 0.519. The van der Waals surface area contributed by atoms with Crippen LogP contribution in [0, 0.1) is 0 Å². The highest BCUT2D eigenvalue weighted by molar-refractivity contribution is 5.91. The maximum absolute atomic E-state index is 6.19. The van der Waals surface area contributed by atoms with Gasteiger partial charge in [0.05, 0.1) is 33.6 Å². The fourth-order valence-electron chi connectivity index (χ4n) is 2.91. The van der Waals surface area contributed by atoms with Crippen molar-refractivity contribution in [2.45, 2.75) is 13.2 Å². The minimum Gasteiger partial charge on any atom is -0.493 e. The summed E-state index contributed by atoms with van der Waals surface area (Å²) in [7, 11) is 8.24. The summed E-state index contributed by atoms with van der Waals surface area (Å²) in [6.07, 6.45) is 2.07. The molecule has 0 atom stereocenters. The second kappa shape index (κ2) is 6.57. The summed E-state index contributed by atoms with van der Waals surface area (Å²) in [4.78, 5) is 3.36. The summed E-state index contributed by atoms with van der Waals surface area (Å²) in [5, 5.41) is 1.11. The van der Waals surface area contributed by atoms with Gasteiger partial charge < -0.3 is 18.9 Å². The van der Waals surface area contributed by atoms with E-state index < -0.39 is 0 Å². The van der Waals surface area contributed by atoms with E-state index in [1.165, 1.54) is 5.56 Å². The van der Waals surface area contributed by atoms with Crippen LogP contribution in [-0.4, -0.2) is 37.7 Å². The third-order valence-electron chi connectivity index (χ3n) is 3.94. The number of ether oxygens (including phenoxy) is 2. The van der Waals surface area contributed by atoms with E-state index in [0.717, 1.165) is 39.0 Å². The number of aromatic nitrogens is 1. The molecule has 4 nitrogen and oxygen atoms in total. The largest absolute Gasteiger partial charge is 0.493 e. The topological polar surface area (TPSA) is 34.2 Å². The van der Waals surface area contributed by atoms with E-state index in [-0.39, 0.29) is 0 Å². The van der Waals surface area contributed by atoms with Crippen LogP contribution in [0.5, 0.6) is 11.5 Å². The number of hydrogen-bond donors (Lipinski definition) is 1. The van der Waals surface area contributed by atoms with E-state index in [0.29, 0.717) is 6.61 Å². The van der Waals surface area contributed by atoms with Gasteiger partial charge in [-0.25, -0.2) is 0 Å². The quantitative estimate of drug-likeness (QED) is 0.696. The molecule has 0 unspecified atom stereocenters. The second-order valence-electron chi connectivity index (χ2n) is 7.06. The van der Waals surface area contributed by atoms with Crippen LogP contribution in [0.1, 0.15) is 11.1 Å². The molecule has 0 aliphatic carbocycles. The number of aromatic amines is 1. The molecular formula is C20H25N2O2+. The van der Waals surface area contributed by atoms with Crippen LogP contribution in [0.15, 0.2) is 48.7 Å². The van der Waals surface area contributed by atoms with Crippen molar-refractivity contribution in [1.82, 2.24) is 4.98 Å². The standard InChI is InChI=1S/C20H25N2O2/c1-22(2,3)13-16-12-21-17-10-11-18(23-4)20(19(16)17)24-14-15-8-6-5-7-9-15/h5-12,21H,13-14H2,1-4H3/q+1. The molecule has 1 heterocycles. The number of benzene rings is 2. The Kier molecular flexibility index (Phi) is 4.49. The highest BCUT2D eigenvalue weighted by atomic mass is 16.5. The Morgan fingerprint density at radius 1 is 1.00 bits per heavy atom. The molecule has 0 fully saturated rings. The zero-order valence-corrected chi connectivity index (χ0v) is 14.8. The molecule has 3 rings (SSSR count). The molecule has 0 spiro atoms. The number of nitrogens with one attached hydrogen (secondary N) is 1. The number of methoxy groups -OCH3 is 1. The van der Waals surface area contributed by atoms with Gasteiger partial charge in [-0.05, 0) is 17.7 Å². The molecule has 24 heavy (non-hydrogen) atoms. The average molecular weight is 325 g/mol. The lowest BCUT2D eigenvalue weighted by molar-refractivity contribution is -0.883. The molecule has 126 valence electrons. The number of hydrogen-bond acceptors (Lipinski definition) is 2. The van der Waals surface area contributed by atoms with Gasteiger partial charge >= 0.3 is 0 Å². The van der Waals surface area contributed by atoms with Gasteiger partial charge in [0, 0.05) is 17.3 Å². The normalized spacial score (nSPS) is 11.7. The summed E-state index contributed by atoms with van der Waals surface area (Å²) < 4.78 is 12.6. The van der Waals surface area contributed by atoms with Gasteiger partial charge in [0.1, 0.15) is 13.2 Å². The van der Waals surface area contributed by atoms with E-state index in [1.807, 2.05) is 30.3 Å². The van der Waals surface area contributed by atoms with Crippen LogP contribution in [-0.2, 0) is 13.2 Å². The van der Waals surface area contributed by atoms with Crippen molar-refractivity contribution < 1.29 is 14.0 Å². The molecule has 3 aromatic rings. The molecule has 0 radical (unpaired) electrons. The first-order valence-electron chi connectivity index (χ1n) is 8.12. The number of rotatable bonds is 6. The fraction of sp³-hybridized carbons (Fsp3) is 0.300. The summed E-state index contributed by atoms with van der Waals surface area (Å²) in [5.74, 6) is 1.57. The van der Waals surface area contributed by atoms with Gasteiger partial charge in [0.2, 0.25) is 0 Å². The Balaban J connectivity index is 2.01. The minimum absolute atomic E-state index is 0.519. The molecule has 1 aromatic heterocycles. The van der Waals surface area contributed by atoms with Crippen LogP contribution in [0.2, 0.25) is 0 Å². The van der Waals surface area contributed by atoms with Gasteiger partial charge in [-0.2, -0.15) is 0 Å². The van der Waals surface area contributed by atoms with Gasteiger partial charge in [0.25, 0.3) is 0 Å². The van der Waals surface area contributed by atoms with Crippen molar-refractivity contribution in [3.05, 3.63) is 59.8 Å². The molecule has 0 amide bonds. The van der Waals surface area contributed by atoms with E-state index in [4.69, 9.17) is 9.47 Å². The van der Waals surface area contributed by atoms with E-state index in [9.17, 15) is 0 Å². The summed E-state index contributed by atoms with van der Waals surface area (Å²) in [6, 6.07) is 14.2. The average Bonchev–Trinajstić information content (AvgIpc) is 2.95. The third kappa shape index (κ3) is 3.54. The van der Waals surface area contributed by atoms with Crippen LogP contribution < -0.4 is 9.47 Å². The maximum atomic E-state index is 6.19. The first kappa shape index (κ1) is 16.4. The summed E-state index contributed by atoms with van der Waals surface area (Å²) >= 11 is 0. The zero-order valence-electron chi connectivity index (χ0n) is 14.8. The highest BCUT2D eigenvalue weighted by Crippen LogP contribution is 2.38. The van der Waals surface area contributed by atoms with Crippen molar-refractivity contribution >= 4 is 10.9 Å². The van der Waals surface area contributed by atoms with Crippen molar-refractivity contribution in [2.75, 3.05) is 28.3 Å². The highest BCUT2D eigenvalue weighted by Gasteiger charge is 2.19. The maximum Gasteiger partial charge on any atom is 0.171 e. The first-order chi connectivity index (χ1) is 11.5. The monoisotopic (exact) mass is 325 g/mol. The fourth-order valence-corrected chi connectivity index (χ4v) is 2.91. The third-order valence-corrected chi connectivity index (χ3v) is 3.94. The smallest absolute Gasteiger partial charge is 0.171 e. The number of fused-ring (bicyclic) bond motifs is 1. The number of quaternary nitrogens is 1. The first-order valence-corrected chi connectivity index (χ1v) is 8.12. The zero-order chi connectivity index (χ0) is 17.2. The van der Waals surface area contributed by atoms with Crippen LogP contribution >= 0.6 is 0 Å². The van der Waals surface area contributed by atoms with Crippen LogP contribution in [0.4, 0.5) is 0 Å². The van der Waals surface area contributed by atoms with Gasteiger partial charge in [0.15, 0.2) is 11.5 Å². The summed E-state index contributed by atoms with van der Waals surface area (Å²) in [6.45, 7) is 1.43. The number of nitrogens with zero attached hydrogens (tertiary/aromatic N) is 1. The van der Waals surface area contributed by atoms with Crippen molar-refractivity contribution in [3.63, 3.8) is 0 Å². The molecular weight excluding hydrogens is 300 g/mol. The van der Waals surface area contributed by atoms with E-state index in [2.05, 4.69) is 44.5 Å². The van der Waals surface area contributed by atoms with Crippen molar-refractivity contribution in [1.29, 1.82) is 0 Å². The van der Waals surface area contributed by atoms with Gasteiger partial charge in [-0.15, -0.1) is 0 Å². The second-order valence-corrected chi connectivity index (χ2v) is 7.06. The molecule has 2 aromatic carbocycles. The lowest BCUT2D eigenvalue weighted by Gasteiger charge is -2.24. The predicted molar refractivity (Wildman–Crippen MR) is 97.4 cm³/mol. The molecule has 0 bridgehead atoms. The Hall–Kier alpha value is -2.46. The molecule has 4 heteroatoms. The molecule has 0 saturated carbocycles. The van der Waals surface area contributed by atoms with Crippen LogP contribution in [0.25, 0.3) is 10.9 Å². The van der Waals surface area contributed by atoms with E-state index in [1.54, 1.807) is 7.11 Å². The Morgan fingerprint density at radius 2 is 1.75 bits per heavy atom.